The molecule has 7 heteroatoms. The van der Waals surface area contributed by atoms with Gasteiger partial charge in [0.15, 0.2) is 17.7 Å². The second-order valence-corrected chi connectivity index (χ2v) is 7.83. The van der Waals surface area contributed by atoms with Gasteiger partial charge in [0.2, 0.25) is 5.91 Å². The van der Waals surface area contributed by atoms with E-state index >= 15 is 0 Å². The standard InChI is InChI=1S/C21H30ClNO5/c1-2-3-4-5-6-7-8-9-10-11-18(25)23-16-14-21(27)17(24)13-12-15(22)19(21)28-20(16)26/h2-3,10-13,15-16,19-20,26-27H,4-9,14H2,1H3,(H,23,25)/b3-2+,11-10+/t15-,16+,19+,20-,21-/m1/s1. The summed E-state index contributed by atoms with van der Waals surface area (Å²) < 4.78 is 5.35. The van der Waals surface area contributed by atoms with Crippen molar-refractivity contribution in [3.63, 3.8) is 0 Å². The van der Waals surface area contributed by atoms with Crippen molar-refractivity contribution < 1.29 is 24.5 Å². The number of amides is 1. The van der Waals surface area contributed by atoms with Crippen LogP contribution in [0.1, 0.15) is 51.9 Å². The fourth-order valence-electron chi connectivity index (χ4n) is 3.50. The van der Waals surface area contributed by atoms with E-state index in [2.05, 4.69) is 17.5 Å². The van der Waals surface area contributed by atoms with Gasteiger partial charge in [0.05, 0.1) is 11.4 Å². The van der Waals surface area contributed by atoms with Gasteiger partial charge in [-0.2, -0.15) is 0 Å². The van der Waals surface area contributed by atoms with Crippen LogP contribution in [-0.4, -0.2) is 51.3 Å². The highest BCUT2D eigenvalue weighted by atomic mass is 35.5. The fraction of sp³-hybridized carbons (Fsp3) is 0.619. The van der Waals surface area contributed by atoms with E-state index in [1.807, 2.05) is 6.92 Å². The Balaban J connectivity index is 1.76. The van der Waals surface area contributed by atoms with Crippen LogP contribution in [0.2, 0.25) is 0 Å². The number of carbonyl (C=O) groups excluding carboxylic acids is 2. The predicted octanol–water partition coefficient (Wildman–Crippen LogP) is 2.53. The van der Waals surface area contributed by atoms with Gasteiger partial charge in [-0.3, -0.25) is 9.59 Å². The van der Waals surface area contributed by atoms with Crippen LogP contribution in [0.15, 0.2) is 36.5 Å². The van der Waals surface area contributed by atoms with Crippen molar-refractivity contribution in [2.24, 2.45) is 0 Å². The Morgan fingerprint density at radius 3 is 2.68 bits per heavy atom. The third-order valence-electron chi connectivity index (χ3n) is 5.10. The van der Waals surface area contributed by atoms with Gasteiger partial charge in [-0.1, -0.05) is 37.1 Å². The zero-order chi connectivity index (χ0) is 20.6. The minimum atomic E-state index is -1.85. The minimum absolute atomic E-state index is 0.156. The first-order chi connectivity index (χ1) is 13.4. The summed E-state index contributed by atoms with van der Waals surface area (Å²) in [4.78, 5) is 24.2. The molecule has 1 aliphatic carbocycles. The molecule has 28 heavy (non-hydrogen) atoms. The van der Waals surface area contributed by atoms with Gasteiger partial charge in [0.1, 0.15) is 6.10 Å². The molecule has 0 aromatic heterocycles. The zero-order valence-electron chi connectivity index (χ0n) is 16.2. The molecule has 1 saturated heterocycles. The molecule has 5 atom stereocenters. The molecule has 0 radical (unpaired) electrons. The number of hydrogen-bond donors (Lipinski definition) is 3. The number of rotatable bonds is 9. The Morgan fingerprint density at radius 1 is 1.32 bits per heavy atom. The number of aliphatic hydroxyl groups excluding tert-OH is 1. The number of halogens is 1. The van der Waals surface area contributed by atoms with Gasteiger partial charge in [-0.25, -0.2) is 0 Å². The van der Waals surface area contributed by atoms with Crippen LogP contribution in [0.5, 0.6) is 0 Å². The maximum atomic E-state index is 12.1. The highest BCUT2D eigenvalue weighted by molar-refractivity contribution is 6.23. The summed E-state index contributed by atoms with van der Waals surface area (Å²) in [6, 6.07) is -0.899. The number of fused-ring (bicyclic) bond motifs is 1. The lowest BCUT2D eigenvalue weighted by molar-refractivity contribution is -0.239. The summed E-state index contributed by atoms with van der Waals surface area (Å²) in [6.07, 6.45) is 13.9. The molecule has 1 amide bonds. The largest absolute Gasteiger partial charge is 0.379 e. The second kappa shape index (κ2) is 10.9. The molecule has 0 saturated carbocycles. The van der Waals surface area contributed by atoms with Crippen LogP contribution < -0.4 is 5.32 Å². The molecule has 1 heterocycles. The van der Waals surface area contributed by atoms with Gasteiger partial charge in [0.25, 0.3) is 0 Å². The average Bonchev–Trinajstić information content (AvgIpc) is 2.66. The zero-order valence-corrected chi connectivity index (χ0v) is 17.0. The van der Waals surface area contributed by atoms with E-state index < -0.39 is 41.1 Å². The number of ketones is 1. The Hall–Kier alpha value is -1.47. The third kappa shape index (κ3) is 6.01. The van der Waals surface area contributed by atoms with E-state index in [0.717, 1.165) is 25.7 Å². The molecule has 6 nitrogen and oxygen atoms in total. The molecule has 2 aliphatic rings. The monoisotopic (exact) mass is 411 g/mol. The molecule has 1 aliphatic heterocycles. The number of alkyl halides is 1. The number of nitrogens with one attached hydrogen (secondary N) is 1. The quantitative estimate of drug-likeness (QED) is 0.234. The number of aliphatic hydroxyl groups is 2. The normalized spacial score (nSPS) is 32.8. The van der Waals surface area contributed by atoms with E-state index in [1.54, 1.807) is 6.08 Å². The van der Waals surface area contributed by atoms with Crippen molar-refractivity contribution in [1.82, 2.24) is 5.32 Å². The SMILES string of the molecule is C/C=C/CCCCCC/C=C/C(=O)N[C@H]1C[C@@]2(O)C(=O)C=C[C@@H](Cl)[C@@H]2O[C@H]1O. The van der Waals surface area contributed by atoms with Gasteiger partial charge >= 0.3 is 0 Å². The maximum absolute atomic E-state index is 12.1. The third-order valence-corrected chi connectivity index (χ3v) is 5.48. The molecule has 2 rings (SSSR count). The van der Waals surface area contributed by atoms with E-state index in [9.17, 15) is 19.8 Å². The van der Waals surface area contributed by atoms with E-state index in [4.69, 9.17) is 16.3 Å². The summed E-state index contributed by atoms with van der Waals surface area (Å²) in [6.45, 7) is 2.02. The smallest absolute Gasteiger partial charge is 0.244 e. The molecule has 156 valence electrons. The average molecular weight is 412 g/mol. The molecule has 3 N–H and O–H groups in total. The topological polar surface area (TPSA) is 95.9 Å². The van der Waals surface area contributed by atoms with Crippen LogP contribution in [0, 0.1) is 0 Å². The lowest BCUT2D eigenvalue weighted by Crippen LogP contribution is -2.66. The highest BCUT2D eigenvalue weighted by Crippen LogP contribution is 2.36. The van der Waals surface area contributed by atoms with E-state index in [0.29, 0.717) is 0 Å². The van der Waals surface area contributed by atoms with Crippen molar-refractivity contribution in [1.29, 1.82) is 0 Å². The van der Waals surface area contributed by atoms with Crippen LogP contribution in [0.3, 0.4) is 0 Å². The van der Waals surface area contributed by atoms with Crippen LogP contribution in [0.4, 0.5) is 0 Å². The molecule has 0 unspecified atom stereocenters. The lowest BCUT2D eigenvalue weighted by Gasteiger charge is -2.46. The van der Waals surface area contributed by atoms with Crippen molar-refractivity contribution in [3.8, 4) is 0 Å². The number of unbranched alkanes of at least 4 members (excludes halogenated alkanes) is 5. The highest BCUT2D eigenvalue weighted by Gasteiger charge is 2.55. The van der Waals surface area contributed by atoms with Gasteiger partial charge < -0.3 is 20.3 Å². The fourth-order valence-corrected chi connectivity index (χ4v) is 3.84. The molecule has 0 aromatic carbocycles. The van der Waals surface area contributed by atoms with Gasteiger partial charge in [-0.15, -0.1) is 11.6 Å². The van der Waals surface area contributed by atoms with Crippen molar-refractivity contribution >= 4 is 23.3 Å². The summed E-state index contributed by atoms with van der Waals surface area (Å²) in [7, 11) is 0. The number of ether oxygens (including phenoxy) is 1. The minimum Gasteiger partial charge on any atom is -0.379 e. The summed E-state index contributed by atoms with van der Waals surface area (Å²) in [5, 5.41) is 22.7. The Kier molecular flexibility index (Phi) is 8.89. The molecule has 0 bridgehead atoms. The first kappa shape index (κ1) is 22.8. The molecule has 0 aromatic rings. The summed E-state index contributed by atoms with van der Waals surface area (Å²) in [5.41, 5.74) is -1.85. The molecule has 1 fully saturated rings. The van der Waals surface area contributed by atoms with E-state index in [1.165, 1.54) is 31.1 Å². The number of carbonyl (C=O) groups is 2. The summed E-state index contributed by atoms with van der Waals surface area (Å²) >= 11 is 6.07. The first-order valence-electron chi connectivity index (χ1n) is 9.89. The van der Waals surface area contributed by atoms with Gasteiger partial charge in [-0.05, 0) is 44.8 Å². The number of allylic oxidation sites excluding steroid dienone is 3. The first-order valence-corrected chi connectivity index (χ1v) is 10.3. The van der Waals surface area contributed by atoms with Crippen LogP contribution >= 0.6 is 11.6 Å². The molecular weight excluding hydrogens is 382 g/mol. The van der Waals surface area contributed by atoms with Gasteiger partial charge in [0, 0.05) is 6.42 Å². The summed E-state index contributed by atoms with van der Waals surface area (Å²) in [5.74, 6) is -0.936. The Labute approximate surface area is 171 Å². The second-order valence-electron chi connectivity index (χ2n) is 7.32. The van der Waals surface area contributed by atoms with Crippen LogP contribution in [-0.2, 0) is 14.3 Å². The maximum Gasteiger partial charge on any atom is 0.244 e. The van der Waals surface area contributed by atoms with E-state index in [-0.39, 0.29) is 6.42 Å². The molecular formula is C21H30ClNO5. The number of hydrogen-bond acceptors (Lipinski definition) is 5. The lowest BCUT2D eigenvalue weighted by atomic mass is 9.78. The van der Waals surface area contributed by atoms with Crippen molar-refractivity contribution in [3.05, 3.63) is 36.5 Å². The van der Waals surface area contributed by atoms with Crippen LogP contribution in [0.25, 0.3) is 0 Å². The molecule has 0 spiro atoms. The Bertz CT molecular complexity index is 632. The predicted molar refractivity (Wildman–Crippen MR) is 108 cm³/mol. The van der Waals surface area contributed by atoms with Crippen molar-refractivity contribution in [2.45, 2.75) is 81.3 Å². The van der Waals surface area contributed by atoms with Crippen molar-refractivity contribution in [2.75, 3.05) is 0 Å². The Morgan fingerprint density at radius 2 is 2.00 bits per heavy atom.